The predicted molar refractivity (Wildman–Crippen MR) is 87.6 cm³/mol. The van der Waals surface area contributed by atoms with E-state index in [1.807, 2.05) is 7.05 Å². The van der Waals surface area contributed by atoms with Gasteiger partial charge < -0.3 is 10.6 Å². The molecular formula is C16H30N4. The average molecular weight is 278 g/mol. The molecule has 0 fully saturated rings. The largest absolute Gasteiger partial charge is 0.373 e. The Kier molecular flexibility index (Phi) is 6.76. The molecule has 0 aromatic carbocycles. The molecule has 1 heterocycles. The molecule has 1 rings (SSSR count). The molecule has 0 amide bonds. The van der Waals surface area contributed by atoms with Crippen LogP contribution in [-0.4, -0.2) is 23.6 Å². The third-order valence-corrected chi connectivity index (χ3v) is 3.42. The van der Waals surface area contributed by atoms with Gasteiger partial charge in [-0.25, -0.2) is 9.97 Å². The number of nitrogens with zero attached hydrogens (tertiary/aromatic N) is 2. The highest BCUT2D eigenvalue weighted by molar-refractivity contribution is 5.57. The highest BCUT2D eigenvalue weighted by atomic mass is 15.1. The van der Waals surface area contributed by atoms with E-state index in [9.17, 15) is 0 Å². The van der Waals surface area contributed by atoms with E-state index in [2.05, 4.69) is 55.2 Å². The second-order valence-electron chi connectivity index (χ2n) is 6.13. The third kappa shape index (κ3) is 4.99. The molecule has 0 radical (unpaired) electrons. The molecule has 0 unspecified atom stereocenters. The fraction of sp³-hybridized carbons (Fsp3) is 0.750. The van der Waals surface area contributed by atoms with E-state index in [0.29, 0.717) is 5.92 Å². The van der Waals surface area contributed by atoms with Gasteiger partial charge in [-0.3, -0.25) is 0 Å². The maximum atomic E-state index is 4.65. The molecular weight excluding hydrogens is 248 g/mol. The molecule has 2 N–H and O–H groups in total. The van der Waals surface area contributed by atoms with E-state index in [-0.39, 0.29) is 0 Å². The Morgan fingerprint density at radius 2 is 1.65 bits per heavy atom. The summed E-state index contributed by atoms with van der Waals surface area (Å²) in [4.78, 5) is 9.21. The van der Waals surface area contributed by atoms with Gasteiger partial charge in [0.05, 0.1) is 0 Å². The highest BCUT2D eigenvalue weighted by Crippen LogP contribution is 2.22. The second-order valence-corrected chi connectivity index (χ2v) is 6.13. The molecule has 0 bridgehead atoms. The zero-order chi connectivity index (χ0) is 15.1. The van der Waals surface area contributed by atoms with Crippen molar-refractivity contribution >= 4 is 11.6 Å². The van der Waals surface area contributed by atoms with Crippen molar-refractivity contribution in [3.63, 3.8) is 0 Å². The first-order valence-corrected chi connectivity index (χ1v) is 7.75. The van der Waals surface area contributed by atoms with Crippen LogP contribution in [0.3, 0.4) is 0 Å². The van der Waals surface area contributed by atoms with Crippen molar-refractivity contribution in [1.82, 2.24) is 9.97 Å². The summed E-state index contributed by atoms with van der Waals surface area (Å²) >= 11 is 0. The first-order valence-electron chi connectivity index (χ1n) is 7.75. The smallest absolute Gasteiger partial charge is 0.135 e. The van der Waals surface area contributed by atoms with Crippen molar-refractivity contribution < 1.29 is 0 Å². The van der Waals surface area contributed by atoms with E-state index >= 15 is 0 Å². The van der Waals surface area contributed by atoms with Gasteiger partial charge in [0, 0.05) is 25.1 Å². The number of aromatic nitrogens is 2. The minimum atomic E-state index is 0.337. The topological polar surface area (TPSA) is 49.8 Å². The van der Waals surface area contributed by atoms with Crippen LogP contribution in [0.25, 0.3) is 0 Å². The Morgan fingerprint density at radius 3 is 2.20 bits per heavy atom. The van der Waals surface area contributed by atoms with E-state index in [4.69, 9.17) is 0 Å². The Morgan fingerprint density at radius 1 is 1.00 bits per heavy atom. The van der Waals surface area contributed by atoms with Gasteiger partial charge in [0.1, 0.15) is 17.5 Å². The van der Waals surface area contributed by atoms with E-state index in [1.54, 1.807) is 0 Å². The van der Waals surface area contributed by atoms with Crippen LogP contribution < -0.4 is 10.6 Å². The van der Waals surface area contributed by atoms with Crippen LogP contribution in [0.1, 0.15) is 64.3 Å². The molecule has 0 spiro atoms. The monoisotopic (exact) mass is 278 g/mol. The lowest BCUT2D eigenvalue weighted by atomic mass is 10.1. The maximum absolute atomic E-state index is 4.65. The first kappa shape index (κ1) is 16.7. The normalized spacial score (nSPS) is 11.2. The van der Waals surface area contributed by atoms with Crippen molar-refractivity contribution in [2.45, 2.75) is 59.8 Å². The lowest BCUT2D eigenvalue weighted by molar-refractivity contribution is 0.544. The Bertz CT molecular complexity index is 413. The SMILES string of the molecule is CNc1nc(C(C)C)nc(NCCCCC(C)C)c1C. The molecule has 1 aromatic heterocycles. The zero-order valence-electron chi connectivity index (χ0n) is 13.9. The summed E-state index contributed by atoms with van der Waals surface area (Å²) < 4.78 is 0. The van der Waals surface area contributed by atoms with Crippen LogP contribution in [0.4, 0.5) is 11.6 Å². The summed E-state index contributed by atoms with van der Waals surface area (Å²) in [5.41, 5.74) is 1.10. The molecule has 0 aliphatic heterocycles. The van der Waals surface area contributed by atoms with E-state index in [1.165, 1.54) is 19.3 Å². The van der Waals surface area contributed by atoms with E-state index < -0.39 is 0 Å². The average Bonchev–Trinajstić information content (AvgIpc) is 2.39. The second kappa shape index (κ2) is 8.08. The summed E-state index contributed by atoms with van der Waals surface area (Å²) in [6, 6.07) is 0. The number of hydrogen-bond acceptors (Lipinski definition) is 4. The third-order valence-electron chi connectivity index (χ3n) is 3.42. The number of rotatable bonds is 8. The van der Waals surface area contributed by atoms with Gasteiger partial charge in [-0.1, -0.05) is 40.5 Å². The predicted octanol–water partition coefficient (Wildman–Crippen LogP) is 4.19. The molecule has 1 aromatic rings. The maximum Gasteiger partial charge on any atom is 0.135 e. The van der Waals surface area contributed by atoms with Gasteiger partial charge >= 0.3 is 0 Å². The molecule has 4 heteroatoms. The minimum absolute atomic E-state index is 0.337. The number of unbranched alkanes of at least 4 members (excludes halogenated alkanes) is 1. The van der Waals surface area contributed by atoms with Crippen LogP contribution in [0.5, 0.6) is 0 Å². The summed E-state index contributed by atoms with van der Waals surface area (Å²) in [5, 5.41) is 6.62. The van der Waals surface area contributed by atoms with Gasteiger partial charge in [0.25, 0.3) is 0 Å². The summed E-state index contributed by atoms with van der Waals surface area (Å²) in [7, 11) is 1.91. The van der Waals surface area contributed by atoms with Crippen LogP contribution in [0, 0.1) is 12.8 Å². The fourth-order valence-corrected chi connectivity index (χ4v) is 2.09. The van der Waals surface area contributed by atoms with Crippen molar-refractivity contribution in [2.75, 3.05) is 24.2 Å². The van der Waals surface area contributed by atoms with Crippen LogP contribution in [0.2, 0.25) is 0 Å². The molecule has 0 saturated heterocycles. The van der Waals surface area contributed by atoms with E-state index in [0.717, 1.165) is 35.5 Å². The molecule has 0 aliphatic rings. The summed E-state index contributed by atoms with van der Waals surface area (Å²) in [5.74, 6) is 3.92. The van der Waals surface area contributed by atoms with Gasteiger partial charge in [-0.15, -0.1) is 0 Å². The van der Waals surface area contributed by atoms with Crippen LogP contribution in [-0.2, 0) is 0 Å². The van der Waals surface area contributed by atoms with Gasteiger partial charge in [0.15, 0.2) is 0 Å². The van der Waals surface area contributed by atoms with Gasteiger partial charge in [-0.05, 0) is 19.3 Å². The molecule has 0 saturated carbocycles. The molecule has 4 nitrogen and oxygen atoms in total. The first-order chi connectivity index (χ1) is 9.45. The fourth-order valence-electron chi connectivity index (χ4n) is 2.09. The van der Waals surface area contributed by atoms with Crippen LogP contribution in [0.15, 0.2) is 0 Å². The molecule has 0 atom stereocenters. The Hall–Kier alpha value is -1.32. The Labute approximate surface area is 123 Å². The van der Waals surface area contributed by atoms with Gasteiger partial charge in [0.2, 0.25) is 0 Å². The lowest BCUT2D eigenvalue weighted by Gasteiger charge is -2.15. The molecule has 20 heavy (non-hydrogen) atoms. The Balaban J connectivity index is 2.66. The quantitative estimate of drug-likeness (QED) is 0.700. The standard InChI is InChI=1S/C16H30N4/c1-11(2)9-7-8-10-18-16-13(5)15(17-6)19-14(20-16)12(3)4/h11-12H,7-10H2,1-6H3,(H2,17,18,19,20). The zero-order valence-corrected chi connectivity index (χ0v) is 13.9. The van der Waals surface area contributed by atoms with Gasteiger partial charge in [-0.2, -0.15) is 0 Å². The number of nitrogens with one attached hydrogen (secondary N) is 2. The molecule has 114 valence electrons. The van der Waals surface area contributed by atoms with Crippen molar-refractivity contribution in [2.24, 2.45) is 5.92 Å². The summed E-state index contributed by atoms with van der Waals surface area (Å²) in [6.07, 6.45) is 3.75. The number of hydrogen-bond donors (Lipinski definition) is 2. The number of anilines is 2. The summed E-state index contributed by atoms with van der Waals surface area (Å²) in [6.45, 7) is 11.8. The van der Waals surface area contributed by atoms with Crippen molar-refractivity contribution in [1.29, 1.82) is 0 Å². The highest BCUT2D eigenvalue weighted by Gasteiger charge is 2.11. The lowest BCUT2D eigenvalue weighted by Crippen LogP contribution is -2.11. The molecule has 0 aliphatic carbocycles. The minimum Gasteiger partial charge on any atom is -0.373 e. The van der Waals surface area contributed by atoms with Crippen LogP contribution >= 0.6 is 0 Å². The van der Waals surface area contributed by atoms with Crippen molar-refractivity contribution in [3.05, 3.63) is 11.4 Å². The van der Waals surface area contributed by atoms with Crippen molar-refractivity contribution in [3.8, 4) is 0 Å².